The van der Waals surface area contributed by atoms with E-state index >= 15 is 0 Å². The van der Waals surface area contributed by atoms with Gasteiger partial charge in [-0.2, -0.15) is 0 Å². The Morgan fingerprint density at radius 2 is 2.21 bits per heavy atom. The summed E-state index contributed by atoms with van der Waals surface area (Å²) >= 11 is 1.88. The lowest BCUT2D eigenvalue weighted by Crippen LogP contribution is -2.23. The van der Waals surface area contributed by atoms with Crippen molar-refractivity contribution >= 4 is 16.9 Å². The molecule has 106 valence electrons. The second kappa shape index (κ2) is 6.93. The van der Waals surface area contributed by atoms with Gasteiger partial charge in [-0.05, 0) is 12.8 Å². The summed E-state index contributed by atoms with van der Waals surface area (Å²) in [4.78, 5) is 4.60. The van der Waals surface area contributed by atoms with Crippen molar-refractivity contribution in [1.29, 1.82) is 0 Å². The molecular formula is C13H23N5S. The van der Waals surface area contributed by atoms with Crippen molar-refractivity contribution in [1.82, 2.24) is 20.1 Å². The molecule has 1 aliphatic rings. The van der Waals surface area contributed by atoms with E-state index in [1.165, 1.54) is 12.8 Å². The molecule has 0 bridgehead atoms. The number of hydrogen-bond donors (Lipinski definition) is 1. The first-order valence-electron chi connectivity index (χ1n) is 7.10. The third-order valence-corrected chi connectivity index (χ3v) is 5.02. The van der Waals surface area contributed by atoms with Gasteiger partial charge in [0.1, 0.15) is 6.33 Å². The van der Waals surface area contributed by atoms with E-state index in [-0.39, 0.29) is 0 Å². The summed E-state index contributed by atoms with van der Waals surface area (Å²) in [5.41, 5.74) is 0. The standard InChI is InChI=1S/C13H23N5S/c1-4-10(5-2)11-7-14-13(19-11)15-8-12-17-16-9-18(12)6-3/h9-11H,4-8H2,1-3H3,(H,14,15). The topological polar surface area (TPSA) is 55.1 Å². The summed E-state index contributed by atoms with van der Waals surface area (Å²) in [7, 11) is 0. The molecule has 1 aromatic heterocycles. The summed E-state index contributed by atoms with van der Waals surface area (Å²) in [6.45, 7) is 9.18. The second-order valence-corrected chi connectivity index (χ2v) is 5.99. The zero-order valence-corrected chi connectivity index (χ0v) is 12.8. The smallest absolute Gasteiger partial charge is 0.157 e. The van der Waals surface area contributed by atoms with Gasteiger partial charge in [0.25, 0.3) is 0 Å². The van der Waals surface area contributed by atoms with Crippen molar-refractivity contribution in [2.75, 3.05) is 6.54 Å². The Kier molecular flexibility index (Phi) is 5.24. The minimum absolute atomic E-state index is 0.640. The SMILES string of the molecule is CCC(CC)C1CN=C(NCc2nncn2CC)S1. The third kappa shape index (κ3) is 3.49. The molecule has 0 radical (unpaired) electrons. The Bertz CT molecular complexity index is 424. The summed E-state index contributed by atoms with van der Waals surface area (Å²) in [6, 6.07) is 0. The average molecular weight is 281 g/mol. The van der Waals surface area contributed by atoms with Crippen LogP contribution in [0.1, 0.15) is 39.4 Å². The molecule has 2 heterocycles. The Labute approximate surface area is 119 Å². The molecule has 19 heavy (non-hydrogen) atoms. The van der Waals surface area contributed by atoms with Crippen molar-refractivity contribution in [3.8, 4) is 0 Å². The van der Waals surface area contributed by atoms with Gasteiger partial charge in [0.2, 0.25) is 0 Å². The van der Waals surface area contributed by atoms with Gasteiger partial charge >= 0.3 is 0 Å². The highest BCUT2D eigenvalue weighted by Crippen LogP contribution is 2.30. The normalized spacial score (nSPS) is 18.9. The molecule has 5 nitrogen and oxygen atoms in total. The quantitative estimate of drug-likeness (QED) is 0.869. The maximum absolute atomic E-state index is 4.60. The van der Waals surface area contributed by atoms with Gasteiger partial charge in [0.05, 0.1) is 13.1 Å². The van der Waals surface area contributed by atoms with E-state index in [0.29, 0.717) is 11.8 Å². The van der Waals surface area contributed by atoms with Crippen LogP contribution >= 0.6 is 11.8 Å². The van der Waals surface area contributed by atoms with Crippen LogP contribution in [0.4, 0.5) is 0 Å². The van der Waals surface area contributed by atoms with Crippen LogP contribution in [-0.2, 0) is 13.1 Å². The van der Waals surface area contributed by atoms with E-state index in [1.54, 1.807) is 6.33 Å². The summed E-state index contributed by atoms with van der Waals surface area (Å²) in [6.07, 6.45) is 4.25. The molecular weight excluding hydrogens is 258 g/mol. The minimum atomic E-state index is 0.640. The lowest BCUT2D eigenvalue weighted by Gasteiger charge is -2.18. The van der Waals surface area contributed by atoms with E-state index < -0.39 is 0 Å². The van der Waals surface area contributed by atoms with Crippen LogP contribution in [0.5, 0.6) is 0 Å². The number of aliphatic imine (C=N–C) groups is 1. The van der Waals surface area contributed by atoms with Crippen molar-refractivity contribution in [2.45, 2.75) is 52.0 Å². The maximum Gasteiger partial charge on any atom is 0.157 e. The fourth-order valence-electron chi connectivity index (χ4n) is 2.38. The predicted octanol–water partition coefficient (Wildman–Crippen LogP) is 2.30. The van der Waals surface area contributed by atoms with Gasteiger partial charge in [-0.1, -0.05) is 38.5 Å². The second-order valence-electron chi connectivity index (χ2n) is 4.77. The van der Waals surface area contributed by atoms with Gasteiger partial charge in [0, 0.05) is 11.8 Å². The molecule has 0 fully saturated rings. The monoisotopic (exact) mass is 281 g/mol. The minimum Gasteiger partial charge on any atom is -0.358 e. The maximum atomic E-state index is 4.60. The molecule has 0 amide bonds. The Morgan fingerprint density at radius 1 is 1.42 bits per heavy atom. The average Bonchev–Trinajstić information content (AvgIpc) is 3.06. The van der Waals surface area contributed by atoms with Gasteiger partial charge < -0.3 is 9.88 Å². The zero-order valence-electron chi connectivity index (χ0n) is 12.0. The zero-order chi connectivity index (χ0) is 13.7. The largest absolute Gasteiger partial charge is 0.358 e. The fourth-order valence-corrected chi connectivity index (χ4v) is 3.70. The van der Waals surface area contributed by atoms with Crippen molar-refractivity contribution in [3.05, 3.63) is 12.2 Å². The van der Waals surface area contributed by atoms with E-state index in [9.17, 15) is 0 Å². The summed E-state index contributed by atoms with van der Waals surface area (Å²) in [5.74, 6) is 1.74. The molecule has 0 saturated carbocycles. The Balaban J connectivity index is 1.82. The molecule has 1 aromatic rings. The molecule has 1 atom stereocenters. The molecule has 1 aliphatic heterocycles. The number of hydrogen-bond acceptors (Lipinski definition) is 5. The molecule has 6 heteroatoms. The van der Waals surface area contributed by atoms with Crippen LogP contribution < -0.4 is 5.32 Å². The number of nitrogens with zero attached hydrogens (tertiary/aromatic N) is 4. The number of amidine groups is 1. The Morgan fingerprint density at radius 3 is 2.89 bits per heavy atom. The molecule has 0 saturated heterocycles. The van der Waals surface area contributed by atoms with E-state index in [2.05, 4.69) is 41.3 Å². The number of nitrogens with one attached hydrogen (secondary N) is 1. The molecule has 0 aromatic carbocycles. The fraction of sp³-hybridized carbons (Fsp3) is 0.769. The highest BCUT2D eigenvalue weighted by molar-refractivity contribution is 8.14. The van der Waals surface area contributed by atoms with Gasteiger partial charge in [-0.15, -0.1) is 10.2 Å². The number of aryl methyl sites for hydroxylation is 1. The first-order valence-corrected chi connectivity index (χ1v) is 7.98. The van der Waals surface area contributed by atoms with Crippen LogP contribution in [0, 0.1) is 5.92 Å². The molecule has 0 aliphatic carbocycles. The Hall–Kier alpha value is -1.04. The van der Waals surface area contributed by atoms with Gasteiger partial charge in [-0.25, -0.2) is 0 Å². The van der Waals surface area contributed by atoms with E-state index in [1.807, 2.05) is 16.3 Å². The van der Waals surface area contributed by atoms with Gasteiger partial charge in [0.15, 0.2) is 11.0 Å². The summed E-state index contributed by atoms with van der Waals surface area (Å²) < 4.78 is 2.05. The lowest BCUT2D eigenvalue weighted by molar-refractivity contribution is 0.479. The van der Waals surface area contributed by atoms with Crippen molar-refractivity contribution in [2.24, 2.45) is 10.9 Å². The molecule has 0 spiro atoms. The number of rotatable bonds is 6. The van der Waals surface area contributed by atoms with Crippen LogP contribution in [-0.4, -0.2) is 31.7 Å². The highest BCUT2D eigenvalue weighted by atomic mass is 32.2. The van der Waals surface area contributed by atoms with Crippen LogP contribution in [0.2, 0.25) is 0 Å². The molecule has 2 rings (SSSR count). The van der Waals surface area contributed by atoms with Crippen molar-refractivity contribution in [3.63, 3.8) is 0 Å². The van der Waals surface area contributed by atoms with Crippen LogP contribution in [0.15, 0.2) is 11.3 Å². The third-order valence-electron chi connectivity index (χ3n) is 3.69. The number of thioether (sulfide) groups is 1. The predicted molar refractivity (Wildman–Crippen MR) is 80.3 cm³/mol. The first kappa shape index (κ1) is 14.4. The lowest BCUT2D eigenvalue weighted by atomic mass is 9.99. The first-order chi connectivity index (χ1) is 9.28. The number of aromatic nitrogens is 3. The van der Waals surface area contributed by atoms with E-state index in [0.717, 1.165) is 30.0 Å². The highest BCUT2D eigenvalue weighted by Gasteiger charge is 2.25. The summed E-state index contributed by atoms with van der Waals surface area (Å²) in [5, 5.41) is 13.1. The van der Waals surface area contributed by atoms with Crippen LogP contribution in [0.3, 0.4) is 0 Å². The molecule has 1 N–H and O–H groups in total. The van der Waals surface area contributed by atoms with Gasteiger partial charge in [-0.3, -0.25) is 4.99 Å². The van der Waals surface area contributed by atoms with Crippen molar-refractivity contribution < 1.29 is 0 Å². The van der Waals surface area contributed by atoms with Crippen LogP contribution in [0.25, 0.3) is 0 Å². The van der Waals surface area contributed by atoms with E-state index in [4.69, 9.17) is 0 Å². The molecule has 1 unspecified atom stereocenters.